The summed E-state index contributed by atoms with van der Waals surface area (Å²) in [5.74, 6) is -0.314. The Morgan fingerprint density at radius 3 is 1.93 bits per heavy atom. The minimum Gasteiger partial charge on any atom is -0.481 e. The first-order valence-electron chi connectivity index (χ1n) is 6.44. The lowest BCUT2D eigenvalue weighted by atomic mass is 9.86. The number of carbonyl (C=O) groups is 1. The summed E-state index contributed by atoms with van der Waals surface area (Å²) in [6.07, 6.45) is 10.8. The third-order valence-corrected chi connectivity index (χ3v) is 3.68. The highest BCUT2D eigenvalue weighted by Crippen LogP contribution is 2.26. The van der Waals surface area contributed by atoms with E-state index in [1.165, 1.54) is 38.5 Å². The number of aliphatic carboxylic acids is 1. The molecule has 2 nitrogen and oxygen atoms in total. The second-order valence-electron chi connectivity index (χ2n) is 4.97. The van der Waals surface area contributed by atoms with Gasteiger partial charge in [0.05, 0.1) is 5.92 Å². The van der Waals surface area contributed by atoms with E-state index < -0.39 is 5.97 Å². The minimum atomic E-state index is -0.582. The van der Waals surface area contributed by atoms with Gasteiger partial charge in [0, 0.05) is 0 Å². The van der Waals surface area contributed by atoms with Gasteiger partial charge in [0.15, 0.2) is 0 Å². The van der Waals surface area contributed by atoms with Gasteiger partial charge >= 0.3 is 5.97 Å². The van der Waals surface area contributed by atoms with Gasteiger partial charge in [-0.25, -0.2) is 0 Å². The summed E-state index contributed by atoms with van der Waals surface area (Å²) in [6.45, 7) is 2.11. The Labute approximate surface area is 93.1 Å². The van der Waals surface area contributed by atoms with Crippen LogP contribution in [0.2, 0.25) is 0 Å². The predicted octanol–water partition coefficient (Wildman–Crippen LogP) is 3.85. The fourth-order valence-electron chi connectivity index (χ4n) is 2.57. The zero-order valence-electron chi connectivity index (χ0n) is 9.87. The molecule has 0 bridgehead atoms. The Morgan fingerprint density at radius 1 is 0.933 bits per heavy atom. The molecular weight excluding hydrogens is 188 g/mol. The van der Waals surface area contributed by atoms with E-state index in [1.54, 1.807) is 0 Å². The van der Waals surface area contributed by atoms with Gasteiger partial charge in [0.2, 0.25) is 0 Å². The lowest BCUT2D eigenvalue weighted by Gasteiger charge is -2.19. The normalized spacial score (nSPS) is 30.5. The van der Waals surface area contributed by atoms with Crippen molar-refractivity contribution < 1.29 is 9.90 Å². The summed E-state index contributed by atoms with van der Waals surface area (Å²) in [5.41, 5.74) is 0. The molecule has 2 heteroatoms. The molecule has 2 unspecified atom stereocenters. The predicted molar refractivity (Wildman–Crippen MR) is 61.8 cm³/mol. The van der Waals surface area contributed by atoms with Crippen molar-refractivity contribution in [2.75, 3.05) is 0 Å². The average Bonchev–Trinajstić information content (AvgIpc) is 2.23. The Hall–Kier alpha value is -0.530. The van der Waals surface area contributed by atoms with Gasteiger partial charge in [-0.2, -0.15) is 0 Å². The van der Waals surface area contributed by atoms with Crippen LogP contribution in [-0.2, 0) is 4.79 Å². The first kappa shape index (κ1) is 12.5. The molecule has 1 rings (SSSR count). The topological polar surface area (TPSA) is 37.3 Å². The molecule has 15 heavy (non-hydrogen) atoms. The third kappa shape index (κ3) is 4.67. The van der Waals surface area contributed by atoms with E-state index in [-0.39, 0.29) is 5.92 Å². The van der Waals surface area contributed by atoms with Crippen molar-refractivity contribution in [2.45, 2.75) is 64.7 Å². The summed E-state index contributed by atoms with van der Waals surface area (Å²) >= 11 is 0. The monoisotopic (exact) mass is 212 g/mol. The molecule has 0 aromatic heterocycles. The van der Waals surface area contributed by atoms with E-state index in [9.17, 15) is 4.79 Å². The van der Waals surface area contributed by atoms with Crippen LogP contribution in [0.15, 0.2) is 0 Å². The van der Waals surface area contributed by atoms with Crippen LogP contribution < -0.4 is 0 Å². The molecule has 88 valence electrons. The van der Waals surface area contributed by atoms with Crippen molar-refractivity contribution in [2.24, 2.45) is 11.8 Å². The highest BCUT2D eigenvalue weighted by Gasteiger charge is 2.23. The van der Waals surface area contributed by atoms with Crippen molar-refractivity contribution in [3.05, 3.63) is 0 Å². The molecule has 2 atom stereocenters. The zero-order valence-corrected chi connectivity index (χ0v) is 9.87. The van der Waals surface area contributed by atoms with Crippen molar-refractivity contribution in [3.8, 4) is 0 Å². The van der Waals surface area contributed by atoms with Crippen LogP contribution in [0.5, 0.6) is 0 Å². The van der Waals surface area contributed by atoms with E-state index >= 15 is 0 Å². The maximum atomic E-state index is 11.1. The largest absolute Gasteiger partial charge is 0.481 e. The van der Waals surface area contributed by atoms with Crippen LogP contribution in [0.4, 0.5) is 0 Å². The van der Waals surface area contributed by atoms with E-state index in [1.807, 2.05) is 0 Å². The van der Waals surface area contributed by atoms with Gasteiger partial charge in [0.25, 0.3) is 0 Å². The SMILES string of the molecule is CC1CCCCCCCCCC1C(=O)O. The lowest BCUT2D eigenvalue weighted by molar-refractivity contribution is -0.143. The Kier molecular flexibility index (Phi) is 5.74. The summed E-state index contributed by atoms with van der Waals surface area (Å²) in [6, 6.07) is 0. The third-order valence-electron chi connectivity index (χ3n) is 3.68. The Morgan fingerprint density at radius 2 is 1.40 bits per heavy atom. The van der Waals surface area contributed by atoms with Crippen LogP contribution in [-0.4, -0.2) is 11.1 Å². The van der Waals surface area contributed by atoms with Crippen molar-refractivity contribution in [3.63, 3.8) is 0 Å². The zero-order chi connectivity index (χ0) is 11.1. The van der Waals surface area contributed by atoms with Crippen molar-refractivity contribution in [1.82, 2.24) is 0 Å². The highest BCUT2D eigenvalue weighted by atomic mass is 16.4. The fourth-order valence-corrected chi connectivity index (χ4v) is 2.57. The Bertz CT molecular complexity index is 189. The van der Waals surface area contributed by atoms with E-state index in [0.717, 1.165) is 19.3 Å². The van der Waals surface area contributed by atoms with Gasteiger partial charge in [-0.1, -0.05) is 51.9 Å². The highest BCUT2D eigenvalue weighted by molar-refractivity contribution is 5.70. The molecule has 1 aliphatic carbocycles. The maximum absolute atomic E-state index is 11.1. The molecule has 1 saturated carbocycles. The average molecular weight is 212 g/mol. The number of carboxylic acid groups (broad SMARTS) is 1. The maximum Gasteiger partial charge on any atom is 0.306 e. The molecule has 0 aromatic carbocycles. The van der Waals surface area contributed by atoms with E-state index in [2.05, 4.69) is 6.92 Å². The van der Waals surface area contributed by atoms with Gasteiger partial charge < -0.3 is 5.11 Å². The van der Waals surface area contributed by atoms with Crippen LogP contribution >= 0.6 is 0 Å². The number of hydrogen-bond donors (Lipinski definition) is 1. The van der Waals surface area contributed by atoms with Gasteiger partial charge in [-0.3, -0.25) is 4.79 Å². The summed E-state index contributed by atoms with van der Waals surface area (Å²) in [7, 11) is 0. The van der Waals surface area contributed by atoms with Crippen LogP contribution in [0.1, 0.15) is 64.7 Å². The standard InChI is InChI=1S/C13H24O2/c1-11-9-7-5-3-2-4-6-8-10-12(11)13(14)15/h11-12H,2-10H2,1H3,(H,14,15). The summed E-state index contributed by atoms with van der Waals surface area (Å²) in [5, 5.41) is 9.16. The molecule has 0 aliphatic heterocycles. The molecule has 1 aliphatic rings. The minimum absolute atomic E-state index is 0.0944. The molecule has 1 fully saturated rings. The Balaban J connectivity index is 2.46. The fraction of sp³-hybridized carbons (Fsp3) is 0.923. The van der Waals surface area contributed by atoms with Gasteiger partial charge in [-0.05, 0) is 18.8 Å². The van der Waals surface area contributed by atoms with Gasteiger partial charge in [-0.15, -0.1) is 0 Å². The quantitative estimate of drug-likeness (QED) is 0.717. The molecular formula is C13H24O2. The molecule has 1 N–H and O–H groups in total. The smallest absolute Gasteiger partial charge is 0.306 e. The molecule has 0 aromatic rings. The van der Waals surface area contributed by atoms with Gasteiger partial charge in [0.1, 0.15) is 0 Å². The molecule has 0 amide bonds. The number of rotatable bonds is 1. The van der Waals surface area contributed by atoms with E-state index in [4.69, 9.17) is 5.11 Å². The van der Waals surface area contributed by atoms with Crippen LogP contribution in [0, 0.1) is 11.8 Å². The number of carboxylic acids is 1. The lowest BCUT2D eigenvalue weighted by Crippen LogP contribution is -2.21. The van der Waals surface area contributed by atoms with Crippen LogP contribution in [0.25, 0.3) is 0 Å². The molecule has 0 saturated heterocycles. The second-order valence-corrected chi connectivity index (χ2v) is 4.97. The van der Waals surface area contributed by atoms with E-state index in [0.29, 0.717) is 5.92 Å². The molecule has 0 heterocycles. The summed E-state index contributed by atoms with van der Waals surface area (Å²) in [4.78, 5) is 11.1. The van der Waals surface area contributed by atoms with Crippen molar-refractivity contribution in [1.29, 1.82) is 0 Å². The summed E-state index contributed by atoms with van der Waals surface area (Å²) < 4.78 is 0. The first-order valence-corrected chi connectivity index (χ1v) is 6.44. The van der Waals surface area contributed by atoms with Crippen molar-refractivity contribution >= 4 is 5.97 Å². The molecule has 0 spiro atoms. The second kappa shape index (κ2) is 6.86. The molecule has 0 radical (unpaired) electrons. The first-order chi connectivity index (χ1) is 7.22. The van der Waals surface area contributed by atoms with Crippen LogP contribution in [0.3, 0.4) is 0 Å². The number of hydrogen-bond acceptors (Lipinski definition) is 1.